The number of hydrogen-bond acceptors (Lipinski definition) is 2. The predicted octanol–water partition coefficient (Wildman–Crippen LogP) is 1.45. The van der Waals surface area contributed by atoms with Crippen molar-refractivity contribution in [2.24, 2.45) is 0 Å². The van der Waals surface area contributed by atoms with Crippen LogP contribution in [0.25, 0.3) is 0 Å². The van der Waals surface area contributed by atoms with Crippen LogP contribution < -0.4 is 0 Å². The fourth-order valence-electron chi connectivity index (χ4n) is 1.04. The van der Waals surface area contributed by atoms with Crippen molar-refractivity contribution in [3.05, 3.63) is 11.8 Å². The molecule has 1 aliphatic heterocycles. The Balaban J connectivity index is 2.18. The minimum absolute atomic E-state index is 0.265. The Bertz CT molecular complexity index is 118. The first-order valence-corrected chi connectivity index (χ1v) is 3.86. The van der Waals surface area contributed by atoms with Crippen LogP contribution in [-0.4, -0.2) is 18.3 Å². The van der Waals surface area contributed by atoms with E-state index in [1.165, 1.54) is 0 Å². The van der Waals surface area contributed by atoms with Gasteiger partial charge in [0.15, 0.2) is 0 Å². The van der Waals surface area contributed by atoms with Crippen LogP contribution >= 0.6 is 0 Å². The molecule has 0 saturated carbocycles. The summed E-state index contributed by atoms with van der Waals surface area (Å²) >= 11 is 0. The minimum Gasteiger partial charge on any atom is -0.498 e. The fraction of sp³-hybridized carbons (Fsp3) is 0.750. The summed E-state index contributed by atoms with van der Waals surface area (Å²) in [5.41, 5.74) is 0. The minimum atomic E-state index is 0.265. The van der Waals surface area contributed by atoms with Crippen LogP contribution in [0.3, 0.4) is 0 Å². The molecular weight excluding hydrogens is 128 g/mol. The van der Waals surface area contributed by atoms with Gasteiger partial charge in [-0.1, -0.05) is 0 Å². The average Bonchev–Trinajstić information content (AvgIpc) is 2.03. The molecule has 0 amide bonds. The van der Waals surface area contributed by atoms with Gasteiger partial charge in [0.05, 0.1) is 12.4 Å². The van der Waals surface area contributed by atoms with Gasteiger partial charge in [-0.15, -0.1) is 0 Å². The monoisotopic (exact) mass is 142 g/mol. The number of aliphatic hydroxyl groups excluding tert-OH is 1. The van der Waals surface area contributed by atoms with E-state index in [1.54, 1.807) is 0 Å². The van der Waals surface area contributed by atoms with Gasteiger partial charge < -0.3 is 9.84 Å². The lowest BCUT2D eigenvalue weighted by Crippen LogP contribution is -2.01. The van der Waals surface area contributed by atoms with Crippen molar-refractivity contribution in [3.8, 4) is 0 Å². The molecule has 0 unspecified atom stereocenters. The van der Waals surface area contributed by atoms with Crippen molar-refractivity contribution in [1.29, 1.82) is 0 Å². The number of rotatable bonds is 3. The van der Waals surface area contributed by atoms with Gasteiger partial charge in [0.2, 0.25) is 0 Å². The molecule has 1 heterocycles. The van der Waals surface area contributed by atoms with Crippen LogP contribution in [0.15, 0.2) is 11.8 Å². The Morgan fingerprint density at radius 1 is 1.60 bits per heavy atom. The van der Waals surface area contributed by atoms with E-state index in [4.69, 9.17) is 9.84 Å². The standard InChI is InChI=1S/C8H14O2/c9-6-3-5-8-4-1-2-7-10-8/h4,9H,1-3,5-7H2. The van der Waals surface area contributed by atoms with E-state index < -0.39 is 0 Å². The second-order valence-electron chi connectivity index (χ2n) is 2.49. The van der Waals surface area contributed by atoms with Crippen molar-refractivity contribution < 1.29 is 9.84 Å². The highest BCUT2D eigenvalue weighted by Crippen LogP contribution is 2.14. The Labute approximate surface area is 61.5 Å². The highest BCUT2D eigenvalue weighted by molar-refractivity contribution is 4.95. The van der Waals surface area contributed by atoms with Gasteiger partial charge in [-0.25, -0.2) is 0 Å². The molecule has 0 aromatic carbocycles. The van der Waals surface area contributed by atoms with Crippen LogP contribution in [0.2, 0.25) is 0 Å². The zero-order valence-electron chi connectivity index (χ0n) is 6.18. The van der Waals surface area contributed by atoms with Crippen LogP contribution in [-0.2, 0) is 4.74 Å². The highest BCUT2D eigenvalue weighted by atomic mass is 16.5. The van der Waals surface area contributed by atoms with E-state index >= 15 is 0 Å². The highest BCUT2D eigenvalue weighted by Gasteiger charge is 2.02. The average molecular weight is 142 g/mol. The smallest absolute Gasteiger partial charge is 0.0920 e. The summed E-state index contributed by atoms with van der Waals surface area (Å²) in [6, 6.07) is 0. The molecule has 0 radical (unpaired) electrons. The topological polar surface area (TPSA) is 29.5 Å². The number of allylic oxidation sites excluding steroid dienone is 2. The van der Waals surface area contributed by atoms with E-state index in [9.17, 15) is 0 Å². The van der Waals surface area contributed by atoms with Gasteiger partial charge in [-0.05, 0) is 25.3 Å². The third-order valence-corrected chi connectivity index (χ3v) is 1.59. The second kappa shape index (κ2) is 4.34. The van der Waals surface area contributed by atoms with Gasteiger partial charge in [-0.2, -0.15) is 0 Å². The zero-order valence-corrected chi connectivity index (χ0v) is 6.18. The van der Waals surface area contributed by atoms with E-state index in [-0.39, 0.29) is 6.61 Å². The molecule has 1 N–H and O–H groups in total. The van der Waals surface area contributed by atoms with Crippen molar-refractivity contribution in [2.75, 3.05) is 13.2 Å². The van der Waals surface area contributed by atoms with Gasteiger partial charge in [0.25, 0.3) is 0 Å². The number of hydrogen-bond donors (Lipinski definition) is 1. The number of aliphatic hydroxyl groups is 1. The quantitative estimate of drug-likeness (QED) is 0.646. The molecule has 0 fully saturated rings. The third-order valence-electron chi connectivity index (χ3n) is 1.59. The predicted molar refractivity (Wildman–Crippen MR) is 39.6 cm³/mol. The molecule has 1 aliphatic rings. The normalized spacial score (nSPS) is 17.9. The van der Waals surface area contributed by atoms with Gasteiger partial charge >= 0.3 is 0 Å². The van der Waals surface area contributed by atoms with E-state index in [1.807, 2.05) is 0 Å². The Kier molecular flexibility index (Phi) is 3.30. The lowest BCUT2D eigenvalue weighted by molar-refractivity contribution is 0.176. The summed E-state index contributed by atoms with van der Waals surface area (Å²) in [6.45, 7) is 1.12. The maximum absolute atomic E-state index is 8.51. The molecule has 58 valence electrons. The lowest BCUT2D eigenvalue weighted by Gasteiger charge is -2.13. The summed E-state index contributed by atoms with van der Waals surface area (Å²) in [7, 11) is 0. The SMILES string of the molecule is OCCCC1=CCCCO1. The van der Waals surface area contributed by atoms with Crippen LogP contribution in [0.5, 0.6) is 0 Å². The van der Waals surface area contributed by atoms with Gasteiger partial charge in [0, 0.05) is 13.0 Å². The fourth-order valence-corrected chi connectivity index (χ4v) is 1.04. The molecule has 0 saturated heterocycles. The van der Waals surface area contributed by atoms with Gasteiger partial charge in [-0.3, -0.25) is 0 Å². The van der Waals surface area contributed by atoms with Crippen molar-refractivity contribution >= 4 is 0 Å². The first-order valence-electron chi connectivity index (χ1n) is 3.86. The largest absolute Gasteiger partial charge is 0.498 e. The second-order valence-corrected chi connectivity index (χ2v) is 2.49. The Morgan fingerprint density at radius 3 is 3.10 bits per heavy atom. The molecule has 0 aromatic rings. The number of ether oxygens (including phenoxy) is 1. The first-order chi connectivity index (χ1) is 4.93. The molecule has 0 atom stereocenters. The molecule has 0 aliphatic carbocycles. The Morgan fingerprint density at radius 2 is 2.50 bits per heavy atom. The molecule has 0 aromatic heterocycles. The van der Waals surface area contributed by atoms with Gasteiger partial charge in [0.1, 0.15) is 0 Å². The molecule has 0 spiro atoms. The molecule has 2 nitrogen and oxygen atoms in total. The van der Waals surface area contributed by atoms with E-state index in [2.05, 4.69) is 6.08 Å². The maximum atomic E-state index is 8.51. The molecule has 2 heteroatoms. The first kappa shape index (κ1) is 7.61. The van der Waals surface area contributed by atoms with E-state index in [0.717, 1.165) is 38.0 Å². The lowest BCUT2D eigenvalue weighted by atomic mass is 10.2. The summed E-state index contributed by atoms with van der Waals surface area (Å²) in [5, 5.41) is 8.51. The Hall–Kier alpha value is -0.500. The molecular formula is C8H14O2. The molecule has 0 bridgehead atoms. The zero-order chi connectivity index (χ0) is 7.23. The summed E-state index contributed by atoms with van der Waals surface area (Å²) in [4.78, 5) is 0. The summed E-state index contributed by atoms with van der Waals surface area (Å²) in [5.74, 6) is 1.07. The van der Waals surface area contributed by atoms with Crippen molar-refractivity contribution in [2.45, 2.75) is 25.7 Å². The van der Waals surface area contributed by atoms with E-state index in [0.29, 0.717) is 0 Å². The summed E-state index contributed by atoms with van der Waals surface area (Å²) < 4.78 is 5.33. The molecule has 10 heavy (non-hydrogen) atoms. The van der Waals surface area contributed by atoms with Crippen molar-refractivity contribution in [3.63, 3.8) is 0 Å². The third kappa shape index (κ3) is 2.40. The molecule has 1 rings (SSSR count). The van der Waals surface area contributed by atoms with Crippen molar-refractivity contribution in [1.82, 2.24) is 0 Å². The van der Waals surface area contributed by atoms with Crippen LogP contribution in [0.1, 0.15) is 25.7 Å². The maximum Gasteiger partial charge on any atom is 0.0920 e. The summed E-state index contributed by atoms with van der Waals surface area (Å²) in [6.07, 6.45) is 6.13. The van der Waals surface area contributed by atoms with Crippen LogP contribution in [0.4, 0.5) is 0 Å². The van der Waals surface area contributed by atoms with Crippen LogP contribution in [0, 0.1) is 0 Å².